The second kappa shape index (κ2) is 6.72. The van der Waals surface area contributed by atoms with Gasteiger partial charge in [-0.2, -0.15) is 0 Å². The summed E-state index contributed by atoms with van der Waals surface area (Å²) in [5.74, 6) is -1.44. The average Bonchev–Trinajstić information content (AvgIpc) is 2.46. The molecule has 0 heterocycles. The molecule has 0 spiro atoms. The first kappa shape index (κ1) is 17.2. The highest BCUT2D eigenvalue weighted by molar-refractivity contribution is 5.89. The van der Waals surface area contributed by atoms with Gasteiger partial charge in [-0.15, -0.1) is 0 Å². The van der Waals surface area contributed by atoms with E-state index in [1.807, 2.05) is 6.92 Å². The summed E-state index contributed by atoms with van der Waals surface area (Å²) in [6.45, 7) is 5.08. The number of hydrogen-bond acceptors (Lipinski definition) is 3. The number of hydrogen-bond donors (Lipinski definition) is 3. The maximum Gasteiger partial charge on any atom is 0.314 e. The minimum Gasteiger partial charge on any atom is -0.481 e. The Hall–Kier alpha value is -1.88. The van der Waals surface area contributed by atoms with Crippen LogP contribution < -0.4 is 5.32 Å². The summed E-state index contributed by atoms with van der Waals surface area (Å²) >= 11 is 0. The molecular weight excluding hydrogens is 270 g/mol. The lowest BCUT2D eigenvalue weighted by molar-refractivity contribution is -0.145. The smallest absolute Gasteiger partial charge is 0.314 e. The Kier molecular flexibility index (Phi) is 5.49. The molecule has 0 aromatic heterocycles. The Morgan fingerprint density at radius 1 is 1.19 bits per heavy atom. The van der Waals surface area contributed by atoms with E-state index in [0.29, 0.717) is 12.0 Å². The molecule has 1 rings (SSSR count). The number of aliphatic hydroxyl groups is 1. The van der Waals surface area contributed by atoms with Crippen LogP contribution in [0.25, 0.3) is 0 Å². The highest BCUT2D eigenvalue weighted by atomic mass is 16.4. The third kappa shape index (κ3) is 4.56. The van der Waals surface area contributed by atoms with Crippen molar-refractivity contribution < 1.29 is 19.8 Å². The first-order valence-electron chi connectivity index (χ1n) is 6.99. The van der Waals surface area contributed by atoms with Crippen molar-refractivity contribution in [3.63, 3.8) is 0 Å². The summed E-state index contributed by atoms with van der Waals surface area (Å²) in [5.41, 5.74) is -1.69. The standard InChI is InChI=1S/C16H23NO4/c1-4-15(2,21)11-17-13(18)10-16(3,14(19)20)12-8-6-5-7-9-12/h5-9,21H,4,10-11H2,1-3H3,(H,17,18)(H,19,20). The fraction of sp³-hybridized carbons (Fsp3) is 0.500. The molecule has 0 saturated heterocycles. The van der Waals surface area contributed by atoms with Crippen molar-refractivity contribution in [2.24, 2.45) is 0 Å². The van der Waals surface area contributed by atoms with Crippen LogP contribution in [0.4, 0.5) is 0 Å². The van der Waals surface area contributed by atoms with Gasteiger partial charge < -0.3 is 15.5 Å². The Balaban J connectivity index is 2.81. The van der Waals surface area contributed by atoms with Crippen molar-refractivity contribution in [1.82, 2.24) is 5.32 Å². The van der Waals surface area contributed by atoms with E-state index in [9.17, 15) is 19.8 Å². The maximum absolute atomic E-state index is 12.0. The third-order valence-electron chi connectivity index (χ3n) is 3.83. The molecule has 3 N–H and O–H groups in total. The van der Waals surface area contributed by atoms with Crippen LogP contribution in [-0.2, 0) is 15.0 Å². The minimum absolute atomic E-state index is 0.104. The molecule has 0 aliphatic heterocycles. The fourth-order valence-corrected chi connectivity index (χ4v) is 1.90. The number of aliphatic carboxylic acids is 1. The topological polar surface area (TPSA) is 86.6 Å². The van der Waals surface area contributed by atoms with Gasteiger partial charge in [-0.05, 0) is 25.8 Å². The highest BCUT2D eigenvalue weighted by Gasteiger charge is 2.37. The van der Waals surface area contributed by atoms with Gasteiger partial charge in [0.05, 0.1) is 11.0 Å². The molecule has 1 amide bonds. The number of rotatable bonds is 7. The van der Waals surface area contributed by atoms with E-state index < -0.39 is 22.9 Å². The molecule has 1 aromatic rings. The monoisotopic (exact) mass is 293 g/mol. The Morgan fingerprint density at radius 2 is 1.76 bits per heavy atom. The molecule has 5 nitrogen and oxygen atoms in total. The molecule has 0 aliphatic carbocycles. The van der Waals surface area contributed by atoms with Crippen LogP contribution in [0.15, 0.2) is 30.3 Å². The summed E-state index contributed by atoms with van der Waals surface area (Å²) in [6, 6.07) is 8.68. The van der Waals surface area contributed by atoms with Gasteiger partial charge in [0.25, 0.3) is 0 Å². The summed E-state index contributed by atoms with van der Waals surface area (Å²) in [7, 11) is 0. The maximum atomic E-state index is 12.0. The Labute approximate surface area is 125 Å². The second-order valence-electron chi connectivity index (χ2n) is 5.81. The lowest BCUT2D eigenvalue weighted by Gasteiger charge is -2.26. The molecule has 116 valence electrons. The van der Waals surface area contributed by atoms with E-state index >= 15 is 0 Å². The Bertz CT molecular complexity index is 498. The number of nitrogens with one attached hydrogen (secondary N) is 1. The normalized spacial score (nSPS) is 16.6. The zero-order chi connectivity index (χ0) is 16.1. The van der Waals surface area contributed by atoms with Crippen molar-refractivity contribution in [2.45, 2.75) is 44.6 Å². The predicted molar refractivity (Wildman–Crippen MR) is 80.0 cm³/mol. The van der Waals surface area contributed by atoms with E-state index in [1.165, 1.54) is 6.92 Å². The molecule has 0 saturated carbocycles. The lowest BCUT2D eigenvalue weighted by Crippen LogP contribution is -2.44. The quantitative estimate of drug-likeness (QED) is 0.714. The molecule has 1 aromatic carbocycles. The summed E-state index contributed by atoms with van der Waals surface area (Å²) < 4.78 is 0. The van der Waals surface area contributed by atoms with Crippen LogP contribution in [-0.4, -0.2) is 34.2 Å². The van der Waals surface area contributed by atoms with Crippen molar-refractivity contribution in [1.29, 1.82) is 0 Å². The summed E-state index contributed by atoms with van der Waals surface area (Å²) in [4.78, 5) is 23.6. The lowest BCUT2D eigenvalue weighted by atomic mass is 9.79. The largest absolute Gasteiger partial charge is 0.481 e. The molecule has 5 heteroatoms. The number of carboxylic acids is 1. The first-order valence-corrected chi connectivity index (χ1v) is 6.99. The van der Waals surface area contributed by atoms with Gasteiger partial charge in [-0.3, -0.25) is 9.59 Å². The molecule has 2 unspecified atom stereocenters. The van der Waals surface area contributed by atoms with Crippen molar-refractivity contribution in [2.75, 3.05) is 6.54 Å². The van der Waals surface area contributed by atoms with Gasteiger partial charge in [0.15, 0.2) is 0 Å². The van der Waals surface area contributed by atoms with E-state index in [-0.39, 0.29) is 13.0 Å². The minimum atomic E-state index is -1.29. The fourth-order valence-electron chi connectivity index (χ4n) is 1.90. The van der Waals surface area contributed by atoms with Crippen LogP contribution in [0.2, 0.25) is 0 Å². The van der Waals surface area contributed by atoms with Crippen molar-refractivity contribution >= 4 is 11.9 Å². The summed E-state index contributed by atoms with van der Waals surface area (Å²) in [6.07, 6.45) is 0.328. The van der Waals surface area contributed by atoms with Gasteiger partial charge in [0.1, 0.15) is 0 Å². The number of benzene rings is 1. The van der Waals surface area contributed by atoms with Crippen LogP contribution in [0, 0.1) is 0 Å². The zero-order valence-electron chi connectivity index (χ0n) is 12.7. The number of carbonyl (C=O) groups excluding carboxylic acids is 1. The molecule has 0 fully saturated rings. The van der Waals surface area contributed by atoms with E-state index in [4.69, 9.17) is 0 Å². The van der Waals surface area contributed by atoms with Crippen molar-refractivity contribution in [3.05, 3.63) is 35.9 Å². The van der Waals surface area contributed by atoms with E-state index in [1.54, 1.807) is 37.3 Å². The molecule has 0 radical (unpaired) electrons. The van der Waals surface area contributed by atoms with Gasteiger partial charge in [-0.1, -0.05) is 37.3 Å². The van der Waals surface area contributed by atoms with Crippen LogP contribution in [0.3, 0.4) is 0 Å². The SMILES string of the molecule is CCC(C)(O)CNC(=O)CC(C)(C(=O)O)c1ccccc1. The average molecular weight is 293 g/mol. The van der Waals surface area contributed by atoms with Crippen LogP contribution >= 0.6 is 0 Å². The van der Waals surface area contributed by atoms with Crippen LogP contribution in [0.1, 0.15) is 39.2 Å². The summed E-state index contributed by atoms with van der Waals surface area (Å²) in [5, 5.41) is 21.9. The van der Waals surface area contributed by atoms with E-state index in [0.717, 1.165) is 0 Å². The van der Waals surface area contributed by atoms with Crippen LogP contribution in [0.5, 0.6) is 0 Å². The van der Waals surface area contributed by atoms with Gasteiger partial charge >= 0.3 is 5.97 Å². The molecule has 0 aliphatic rings. The molecule has 21 heavy (non-hydrogen) atoms. The Morgan fingerprint density at radius 3 is 2.24 bits per heavy atom. The molecular formula is C16H23NO4. The second-order valence-corrected chi connectivity index (χ2v) is 5.81. The van der Waals surface area contributed by atoms with Gasteiger partial charge in [0.2, 0.25) is 5.91 Å². The van der Waals surface area contributed by atoms with Crippen molar-refractivity contribution in [3.8, 4) is 0 Å². The molecule has 2 atom stereocenters. The first-order chi connectivity index (χ1) is 9.71. The van der Waals surface area contributed by atoms with Gasteiger partial charge in [-0.25, -0.2) is 0 Å². The third-order valence-corrected chi connectivity index (χ3v) is 3.83. The number of carboxylic acid groups (broad SMARTS) is 1. The number of amides is 1. The molecule has 0 bridgehead atoms. The van der Waals surface area contributed by atoms with Gasteiger partial charge in [0, 0.05) is 13.0 Å². The number of carbonyl (C=O) groups is 2. The predicted octanol–water partition coefficient (Wildman–Crippen LogP) is 1.70. The zero-order valence-corrected chi connectivity index (χ0v) is 12.7. The van der Waals surface area contributed by atoms with E-state index in [2.05, 4.69) is 5.32 Å². The highest BCUT2D eigenvalue weighted by Crippen LogP contribution is 2.28.